The Morgan fingerprint density at radius 1 is 1.62 bits per heavy atom. The number of hydrogen-bond acceptors (Lipinski definition) is 3. The first kappa shape index (κ1) is 15.8. The van der Waals surface area contributed by atoms with E-state index in [0.29, 0.717) is 5.15 Å². The minimum atomic E-state index is -0.127. The van der Waals surface area contributed by atoms with Gasteiger partial charge in [-0.3, -0.25) is 9.48 Å². The monoisotopic (exact) mass is 323 g/mol. The molecule has 21 heavy (non-hydrogen) atoms. The highest BCUT2D eigenvalue weighted by Crippen LogP contribution is 2.19. The molecule has 1 N–H and O–H groups in total. The van der Waals surface area contributed by atoms with Crippen molar-refractivity contribution in [1.82, 2.24) is 15.1 Å². The third-order valence-electron chi connectivity index (χ3n) is 3.07. The smallest absolute Gasteiger partial charge is 0.244 e. The van der Waals surface area contributed by atoms with Crippen LogP contribution in [0.5, 0.6) is 0 Å². The molecular weight excluding hydrogens is 306 g/mol. The summed E-state index contributed by atoms with van der Waals surface area (Å²) in [5.41, 5.74) is 1.58. The number of thiophene rings is 1. The molecule has 6 heteroatoms. The van der Waals surface area contributed by atoms with Gasteiger partial charge in [0.2, 0.25) is 5.91 Å². The molecule has 0 radical (unpaired) electrons. The van der Waals surface area contributed by atoms with Crippen LogP contribution in [0.15, 0.2) is 23.6 Å². The van der Waals surface area contributed by atoms with Crippen molar-refractivity contribution in [2.24, 2.45) is 7.05 Å². The first-order valence-corrected chi connectivity index (χ1v) is 7.93. The molecule has 4 nitrogen and oxygen atoms in total. The van der Waals surface area contributed by atoms with Crippen LogP contribution in [-0.2, 0) is 18.3 Å². The average Bonchev–Trinajstić information content (AvgIpc) is 2.98. The fourth-order valence-electron chi connectivity index (χ4n) is 2.07. The Bertz CT molecular complexity index is 646. The van der Waals surface area contributed by atoms with E-state index < -0.39 is 0 Å². The van der Waals surface area contributed by atoms with E-state index in [4.69, 9.17) is 11.6 Å². The number of nitrogens with one attached hydrogen (secondary N) is 1. The van der Waals surface area contributed by atoms with Crippen molar-refractivity contribution in [3.8, 4) is 0 Å². The molecule has 0 aromatic carbocycles. The van der Waals surface area contributed by atoms with Gasteiger partial charge in [-0.1, -0.05) is 17.7 Å². The van der Waals surface area contributed by atoms with Crippen LogP contribution in [-0.4, -0.2) is 21.7 Å². The zero-order chi connectivity index (χ0) is 15.4. The summed E-state index contributed by atoms with van der Waals surface area (Å²) in [6, 6.07) is 4.18. The topological polar surface area (TPSA) is 46.9 Å². The number of carbonyl (C=O) groups is 1. The van der Waals surface area contributed by atoms with Crippen molar-refractivity contribution < 1.29 is 4.79 Å². The maximum absolute atomic E-state index is 11.9. The van der Waals surface area contributed by atoms with Crippen LogP contribution < -0.4 is 5.32 Å². The van der Waals surface area contributed by atoms with E-state index >= 15 is 0 Å². The predicted octanol–water partition coefficient (Wildman–Crippen LogP) is 3.20. The third-order valence-corrected chi connectivity index (χ3v) is 4.42. The van der Waals surface area contributed by atoms with Crippen LogP contribution in [0.3, 0.4) is 0 Å². The Balaban J connectivity index is 1.93. The zero-order valence-electron chi connectivity index (χ0n) is 12.3. The van der Waals surface area contributed by atoms with Crippen LogP contribution in [0.2, 0.25) is 5.15 Å². The highest BCUT2D eigenvalue weighted by atomic mass is 35.5. The predicted molar refractivity (Wildman–Crippen MR) is 87.6 cm³/mol. The molecule has 0 spiro atoms. The Kier molecular flexibility index (Phi) is 5.20. The second kappa shape index (κ2) is 6.91. The molecule has 0 saturated heterocycles. The Hall–Kier alpha value is -1.59. The number of amides is 1. The highest BCUT2D eigenvalue weighted by molar-refractivity contribution is 7.09. The largest absolute Gasteiger partial charge is 0.350 e. The molecule has 112 valence electrons. The second-order valence-electron chi connectivity index (χ2n) is 4.94. The maximum atomic E-state index is 11.9. The molecule has 1 atom stereocenters. The number of hydrogen-bond donors (Lipinski definition) is 1. The van der Waals surface area contributed by atoms with E-state index in [1.807, 2.05) is 25.3 Å². The molecule has 0 aliphatic carbocycles. The summed E-state index contributed by atoms with van der Waals surface area (Å²) in [5.74, 6) is -0.127. The number of carbonyl (C=O) groups excluding carboxylic acids is 1. The minimum absolute atomic E-state index is 0.0891. The molecular formula is C15H18ClN3OS. The normalized spacial score (nSPS) is 12.8. The number of aromatic nitrogens is 2. The molecule has 0 aliphatic rings. The van der Waals surface area contributed by atoms with Crippen LogP contribution in [0.4, 0.5) is 0 Å². The molecule has 2 aromatic rings. The molecule has 0 fully saturated rings. The number of nitrogens with zero attached hydrogens (tertiary/aromatic N) is 2. The molecule has 1 unspecified atom stereocenters. The van der Waals surface area contributed by atoms with Crippen LogP contribution >= 0.6 is 22.9 Å². The van der Waals surface area contributed by atoms with E-state index in [2.05, 4.69) is 16.5 Å². The lowest BCUT2D eigenvalue weighted by Crippen LogP contribution is -2.32. The van der Waals surface area contributed by atoms with E-state index in [9.17, 15) is 4.79 Å². The van der Waals surface area contributed by atoms with Crippen molar-refractivity contribution in [2.75, 3.05) is 0 Å². The third kappa shape index (κ3) is 4.19. The van der Waals surface area contributed by atoms with Crippen molar-refractivity contribution in [3.63, 3.8) is 0 Å². The first-order valence-electron chi connectivity index (χ1n) is 6.67. The number of rotatable bonds is 5. The molecule has 2 rings (SSSR count). The van der Waals surface area contributed by atoms with Gasteiger partial charge in [-0.25, -0.2) is 0 Å². The van der Waals surface area contributed by atoms with Gasteiger partial charge in [-0.15, -0.1) is 11.3 Å². The first-order chi connectivity index (χ1) is 9.97. The van der Waals surface area contributed by atoms with Gasteiger partial charge in [0.1, 0.15) is 5.15 Å². The lowest BCUT2D eigenvalue weighted by atomic mass is 10.2. The summed E-state index contributed by atoms with van der Waals surface area (Å²) < 4.78 is 1.59. The standard InChI is InChI=1S/C15H18ClN3OS/c1-10(9-12-5-4-8-21-12)17-14(20)7-6-13-11(2)18-19(3)15(13)16/h4-8,10H,9H2,1-3H3,(H,17,20). The summed E-state index contributed by atoms with van der Waals surface area (Å²) in [4.78, 5) is 13.2. The Morgan fingerprint density at radius 3 is 2.95 bits per heavy atom. The highest BCUT2D eigenvalue weighted by Gasteiger charge is 2.10. The van der Waals surface area contributed by atoms with Crippen molar-refractivity contribution in [1.29, 1.82) is 0 Å². The van der Waals surface area contributed by atoms with Gasteiger partial charge >= 0.3 is 0 Å². The second-order valence-corrected chi connectivity index (χ2v) is 6.33. The fraction of sp³-hybridized carbons (Fsp3) is 0.333. The molecule has 1 amide bonds. The van der Waals surface area contributed by atoms with Crippen LogP contribution in [0.1, 0.15) is 23.1 Å². The summed E-state index contributed by atoms with van der Waals surface area (Å²) in [6.45, 7) is 3.86. The van der Waals surface area contributed by atoms with Crippen molar-refractivity contribution in [3.05, 3.63) is 44.9 Å². The SMILES string of the molecule is Cc1nn(C)c(Cl)c1C=CC(=O)NC(C)Cc1cccs1. The maximum Gasteiger partial charge on any atom is 0.244 e. The number of halogens is 1. The quantitative estimate of drug-likeness (QED) is 0.859. The Labute approximate surface area is 133 Å². The van der Waals surface area contributed by atoms with Crippen LogP contribution in [0.25, 0.3) is 6.08 Å². The fourth-order valence-corrected chi connectivity index (χ4v) is 3.14. The van der Waals surface area contributed by atoms with E-state index in [-0.39, 0.29) is 11.9 Å². The van der Waals surface area contributed by atoms with Gasteiger partial charge in [0.05, 0.1) is 5.69 Å². The molecule has 0 aliphatic heterocycles. The average molecular weight is 324 g/mol. The molecule has 2 aromatic heterocycles. The van der Waals surface area contributed by atoms with Gasteiger partial charge in [0.25, 0.3) is 0 Å². The number of aryl methyl sites for hydroxylation is 2. The zero-order valence-corrected chi connectivity index (χ0v) is 13.8. The van der Waals surface area contributed by atoms with Gasteiger partial charge in [0, 0.05) is 36.0 Å². The van der Waals surface area contributed by atoms with E-state index in [1.54, 1.807) is 29.1 Å². The summed E-state index contributed by atoms with van der Waals surface area (Å²) in [6.07, 6.45) is 4.04. The van der Waals surface area contributed by atoms with Crippen LogP contribution in [0, 0.1) is 6.92 Å². The van der Waals surface area contributed by atoms with E-state index in [1.165, 1.54) is 11.0 Å². The molecule has 0 bridgehead atoms. The van der Waals surface area contributed by atoms with Crippen molar-refractivity contribution in [2.45, 2.75) is 26.3 Å². The minimum Gasteiger partial charge on any atom is -0.350 e. The van der Waals surface area contributed by atoms with Crippen molar-refractivity contribution >= 4 is 34.9 Å². The summed E-state index contributed by atoms with van der Waals surface area (Å²) in [5, 5.41) is 9.72. The van der Waals surface area contributed by atoms with Gasteiger partial charge in [-0.2, -0.15) is 5.10 Å². The molecule has 0 saturated carbocycles. The van der Waals surface area contributed by atoms with Gasteiger partial charge in [-0.05, 0) is 31.4 Å². The molecule has 2 heterocycles. The lowest BCUT2D eigenvalue weighted by Gasteiger charge is -2.10. The summed E-state index contributed by atoms with van der Waals surface area (Å²) in [7, 11) is 1.77. The Morgan fingerprint density at radius 2 is 2.38 bits per heavy atom. The van der Waals surface area contributed by atoms with Gasteiger partial charge < -0.3 is 5.32 Å². The van der Waals surface area contributed by atoms with Gasteiger partial charge in [0.15, 0.2) is 0 Å². The van der Waals surface area contributed by atoms with E-state index in [0.717, 1.165) is 17.7 Å². The lowest BCUT2D eigenvalue weighted by molar-refractivity contribution is -0.117. The summed E-state index contributed by atoms with van der Waals surface area (Å²) >= 11 is 7.81.